The fourth-order valence-corrected chi connectivity index (χ4v) is 3.42. The lowest BCUT2D eigenvalue weighted by atomic mass is 10.2. The number of nitrogens with zero attached hydrogens (tertiary/aromatic N) is 2. The third kappa shape index (κ3) is 5.26. The zero-order valence-corrected chi connectivity index (χ0v) is 18.4. The van der Waals surface area contributed by atoms with Crippen molar-refractivity contribution in [2.24, 2.45) is 0 Å². The van der Waals surface area contributed by atoms with Crippen molar-refractivity contribution >= 4 is 29.9 Å². The molecule has 2 fully saturated rings. The first-order valence-corrected chi connectivity index (χ1v) is 10.5. The molecule has 1 aromatic carbocycles. The summed E-state index contributed by atoms with van der Waals surface area (Å²) in [5.41, 5.74) is 0.754. The molecule has 0 unspecified atom stereocenters. The van der Waals surface area contributed by atoms with Crippen LogP contribution in [0.15, 0.2) is 46.5 Å². The molecular formula is C23H23N3O8. The van der Waals surface area contributed by atoms with Gasteiger partial charge in [-0.1, -0.05) is 12.1 Å². The molecule has 2 aliphatic heterocycles. The fourth-order valence-electron chi connectivity index (χ4n) is 3.42. The van der Waals surface area contributed by atoms with Crippen LogP contribution in [-0.4, -0.2) is 73.6 Å². The van der Waals surface area contributed by atoms with Crippen molar-refractivity contribution in [1.29, 1.82) is 0 Å². The highest BCUT2D eigenvalue weighted by molar-refractivity contribution is 6.13. The summed E-state index contributed by atoms with van der Waals surface area (Å²) >= 11 is 0. The van der Waals surface area contributed by atoms with Gasteiger partial charge in [0.05, 0.1) is 26.9 Å². The van der Waals surface area contributed by atoms with Gasteiger partial charge in [0.25, 0.3) is 11.8 Å². The fraction of sp³-hybridized carbons (Fsp3) is 0.304. The van der Waals surface area contributed by atoms with Crippen LogP contribution in [0.4, 0.5) is 4.79 Å². The molecule has 11 nitrogen and oxygen atoms in total. The number of hydrogen-bond acceptors (Lipinski definition) is 8. The maximum Gasteiger partial charge on any atom is 0.373 e. The van der Waals surface area contributed by atoms with Crippen molar-refractivity contribution in [2.45, 2.75) is 6.54 Å². The van der Waals surface area contributed by atoms with E-state index in [0.29, 0.717) is 37.6 Å². The summed E-state index contributed by atoms with van der Waals surface area (Å²) in [6.07, 6.45) is 1.53. The third-order valence-corrected chi connectivity index (χ3v) is 5.24. The van der Waals surface area contributed by atoms with Crippen molar-refractivity contribution in [3.63, 3.8) is 0 Å². The lowest BCUT2D eigenvalue weighted by Gasteiger charge is -2.26. The Balaban J connectivity index is 1.34. The van der Waals surface area contributed by atoms with Gasteiger partial charge in [-0.15, -0.1) is 0 Å². The molecule has 2 aromatic rings. The maximum absolute atomic E-state index is 12.7. The Kier molecular flexibility index (Phi) is 6.93. The highest BCUT2D eigenvalue weighted by atomic mass is 16.5. The molecule has 0 aliphatic carbocycles. The molecule has 1 aromatic heterocycles. The standard InChI is InChI=1S/C23H23N3O8/c1-31-22(29)19-7-6-17(34-19)13-26-21(28)18(24-23(26)30)12-15-2-4-16(5-3-15)33-14-20(27)25-8-10-32-11-9-25/h2-7,12H,8-11,13-14H2,1H3,(H,24,30)/b18-12-. The zero-order valence-electron chi connectivity index (χ0n) is 18.4. The van der Waals surface area contributed by atoms with E-state index < -0.39 is 17.9 Å². The minimum Gasteiger partial charge on any atom is -0.484 e. The molecule has 0 spiro atoms. The number of carbonyl (C=O) groups is 4. The van der Waals surface area contributed by atoms with Gasteiger partial charge in [-0.2, -0.15) is 0 Å². The summed E-state index contributed by atoms with van der Waals surface area (Å²) in [4.78, 5) is 51.3. The number of imide groups is 1. The molecule has 11 heteroatoms. The highest BCUT2D eigenvalue weighted by Gasteiger charge is 2.34. The van der Waals surface area contributed by atoms with Crippen molar-refractivity contribution in [1.82, 2.24) is 15.1 Å². The van der Waals surface area contributed by atoms with Crippen LogP contribution in [0.3, 0.4) is 0 Å². The number of carbonyl (C=O) groups excluding carboxylic acids is 4. The Labute approximate surface area is 194 Å². The average molecular weight is 469 g/mol. The van der Waals surface area contributed by atoms with Crippen LogP contribution in [0.2, 0.25) is 0 Å². The number of ether oxygens (including phenoxy) is 3. The highest BCUT2D eigenvalue weighted by Crippen LogP contribution is 2.20. The van der Waals surface area contributed by atoms with E-state index in [-0.39, 0.29) is 36.3 Å². The van der Waals surface area contributed by atoms with Gasteiger partial charge in [0.2, 0.25) is 5.76 Å². The van der Waals surface area contributed by atoms with E-state index in [1.807, 2.05) is 0 Å². The van der Waals surface area contributed by atoms with Gasteiger partial charge in [-0.05, 0) is 35.9 Å². The van der Waals surface area contributed by atoms with E-state index in [2.05, 4.69) is 10.1 Å². The molecule has 0 radical (unpaired) electrons. The van der Waals surface area contributed by atoms with Gasteiger partial charge in [-0.3, -0.25) is 14.5 Å². The monoisotopic (exact) mass is 469 g/mol. The largest absolute Gasteiger partial charge is 0.484 e. The van der Waals surface area contributed by atoms with Crippen LogP contribution in [0.1, 0.15) is 21.9 Å². The summed E-state index contributed by atoms with van der Waals surface area (Å²) < 4.78 is 20.7. The number of methoxy groups -OCH3 is 1. The molecule has 4 rings (SSSR count). The Bertz CT molecular complexity index is 1120. The van der Waals surface area contributed by atoms with Gasteiger partial charge in [-0.25, -0.2) is 9.59 Å². The minimum absolute atomic E-state index is 0.0192. The van der Waals surface area contributed by atoms with Crippen LogP contribution in [-0.2, 0) is 25.6 Å². The SMILES string of the molecule is COC(=O)c1ccc(CN2C(=O)N/C(=C\c3ccc(OCC(=O)N4CCOCC4)cc3)C2=O)o1. The summed E-state index contributed by atoms with van der Waals surface area (Å²) in [5, 5.41) is 2.53. The first-order chi connectivity index (χ1) is 16.4. The number of amides is 4. The molecule has 3 heterocycles. The molecule has 34 heavy (non-hydrogen) atoms. The lowest BCUT2D eigenvalue weighted by Crippen LogP contribution is -2.42. The van der Waals surface area contributed by atoms with E-state index >= 15 is 0 Å². The number of nitrogens with one attached hydrogen (secondary N) is 1. The summed E-state index contributed by atoms with van der Waals surface area (Å²) in [5.74, 6) is -0.539. The smallest absolute Gasteiger partial charge is 0.373 e. The average Bonchev–Trinajstić information content (AvgIpc) is 3.44. The Morgan fingerprint density at radius 3 is 2.53 bits per heavy atom. The van der Waals surface area contributed by atoms with Crippen LogP contribution in [0, 0.1) is 0 Å². The van der Waals surface area contributed by atoms with Crippen molar-refractivity contribution in [2.75, 3.05) is 40.0 Å². The van der Waals surface area contributed by atoms with Gasteiger partial charge >= 0.3 is 12.0 Å². The molecule has 2 aliphatic rings. The zero-order chi connectivity index (χ0) is 24.1. The number of urea groups is 1. The van der Waals surface area contributed by atoms with Crippen LogP contribution in [0.5, 0.6) is 5.75 Å². The molecule has 1 N–H and O–H groups in total. The van der Waals surface area contributed by atoms with E-state index in [0.717, 1.165) is 4.90 Å². The van der Waals surface area contributed by atoms with Crippen LogP contribution < -0.4 is 10.1 Å². The van der Waals surface area contributed by atoms with Gasteiger partial charge in [0, 0.05) is 13.1 Å². The predicted octanol–water partition coefficient (Wildman–Crippen LogP) is 1.40. The molecule has 0 atom stereocenters. The first kappa shape index (κ1) is 23.1. The third-order valence-electron chi connectivity index (χ3n) is 5.24. The van der Waals surface area contributed by atoms with Crippen LogP contribution in [0.25, 0.3) is 6.08 Å². The van der Waals surface area contributed by atoms with Crippen LogP contribution >= 0.6 is 0 Å². The number of esters is 1. The Morgan fingerprint density at radius 1 is 1.09 bits per heavy atom. The second-order valence-electron chi connectivity index (χ2n) is 7.49. The van der Waals surface area contributed by atoms with Crippen molar-refractivity contribution in [3.05, 3.63) is 59.2 Å². The lowest BCUT2D eigenvalue weighted by molar-refractivity contribution is -0.137. The van der Waals surface area contributed by atoms with E-state index in [9.17, 15) is 19.2 Å². The quantitative estimate of drug-likeness (QED) is 0.366. The normalized spacial score (nSPS) is 17.1. The second-order valence-corrected chi connectivity index (χ2v) is 7.49. The molecule has 178 valence electrons. The molecule has 0 bridgehead atoms. The number of morpholine rings is 1. The number of rotatable bonds is 7. The van der Waals surface area contributed by atoms with Gasteiger partial charge < -0.3 is 28.8 Å². The van der Waals surface area contributed by atoms with E-state index in [1.165, 1.54) is 25.3 Å². The second kappa shape index (κ2) is 10.2. The maximum atomic E-state index is 12.7. The van der Waals surface area contributed by atoms with Gasteiger partial charge in [0.1, 0.15) is 17.2 Å². The predicted molar refractivity (Wildman–Crippen MR) is 116 cm³/mol. The topological polar surface area (TPSA) is 128 Å². The molecule has 2 saturated heterocycles. The number of hydrogen-bond donors (Lipinski definition) is 1. The Hall–Kier alpha value is -4.12. The molecular weight excluding hydrogens is 446 g/mol. The summed E-state index contributed by atoms with van der Waals surface area (Å²) in [7, 11) is 1.22. The summed E-state index contributed by atoms with van der Waals surface area (Å²) in [6, 6.07) is 9.07. The molecule has 4 amide bonds. The minimum atomic E-state index is -0.651. The van der Waals surface area contributed by atoms with Gasteiger partial charge in [0.15, 0.2) is 6.61 Å². The van der Waals surface area contributed by atoms with E-state index in [1.54, 1.807) is 29.2 Å². The van der Waals surface area contributed by atoms with Crippen molar-refractivity contribution < 1.29 is 37.8 Å². The molecule has 0 saturated carbocycles. The number of benzene rings is 1. The van der Waals surface area contributed by atoms with E-state index in [4.69, 9.17) is 13.9 Å². The summed E-state index contributed by atoms with van der Waals surface area (Å²) in [6.45, 7) is 1.95. The number of furan rings is 1. The first-order valence-electron chi connectivity index (χ1n) is 10.5. The van der Waals surface area contributed by atoms with Crippen molar-refractivity contribution in [3.8, 4) is 5.75 Å². The Morgan fingerprint density at radius 2 is 1.82 bits per heavy atom.